The van der Waals surface area contributed by atoms with Crippen molar-refractivity contribution >= 4 is 24.5 Å². The van der Waals surface area contributed by atoms with Gasteiger partial charge in [0.2, 0.25) is 5.91 Å². The second-order valence-corrected chi connectivity index (χ2v) is 4.87. The van der Waals surface area contributed by atoms with Crippen LogP contribution in [0.4, 0.5) is 0 Å². The Balaban J connectivity index is 2.65. The van der Waals surface area contributed by atoms with Gasteiger partial charge in [0.1, 0.15) is 11.8 Å². The first kappa shape index (κ1) is 16.4. The number of aliphatic carboxylic acids is 1. The van der Waals surface area contributed by atoms with Crippen LogP contribution in [0.2, 0.25) is 0 Å². The second kappa shape index (κ2) is 7.79. The molecule has 6 heteroatoms. The number of carboxylic acid groups (broad SMARTS) is 1. The summed E-state index contributed by atoms with van der Waals surface area (Å²) in [7, 11) is 1.59. The topological polar surface area (TPSA) is 75.6 Å². The van der Waals surface area contributed by atoms with Gasteiger partial charge in [0.05, 0.1) is 13.0 Å². The van der Waals surface area contributed by atoms with Crippen LogP contribution < -0.4 is 10.1 Å². The number of amides is 1. The van der Waals surface area contributed by atoms with Crippen molar-refractivity contribution in [3.05, 3.63) is 29.8 Å². The summed E-state index contributed by atoms with van der Waals surface area (Å²) in [6.07, 6.45) is 0.506. The molecule has 0 saturated carbocycles. The quantitative estimate of drug-likeness (QED) is 0.665. The molecule has 1 aromatic carbocycles. The van der Waals surface area contributed by atoms with Gasteiger partial charge in [0.15, 0.2) is 0 Å². The minimum absolute atomic E-state index is 0.300. The van der Waals surface area contributed by atoms with Crippen molar-refractivity contribution in [1.82, 2.24) is 5.32 Å². The van der Waals surface area contributed by atoms with Crippen molar-refractivity contribution in [2.24, 2.45) is 5.92 Å². The van der Waals surface area contributed by atoms with E-state index in [-0.39, 0.29) is 11.8 Å². The van der Waals surface area contributed by atoms with E-state index in [4.69, 9.17) is 9.84 Å². The van der Waals surface area contributed by atoms with Gasteiger partial charge in [-0.15, -0.1) is 0 Å². The molecule has 1 rings (SSSR count). The van der Waals surface area contributed by atoms with Crippen molar-refractivity contribution in [3.8, 4) is 5.75 Å². The molecular weight excluding hydrogens is 278 g/mol. The molecule has 1 amide bonds. The molecule has 0 aliphatic rings. The molecule has 0 saturated heterocycles. The Hall–Kier alpha value is -1.69. The molecule has 0 heterocycles. The van der Waals surface area contributed by atoms with E-state index in [9.17, 15) is 9.59 Å². The molecule has 2 N–H and O–H groups in total. The van der Waals surface area contributed by atoms with Crippen LogP contribution in [0.25, 0.3) is 0 Å². The SMILES string of the molecule is COc1ccc(C[C@H](CS)C(=O)N[C@@H](C)C(=O)O)cc1. The Labute approximate surface area is 123 Å². The predicted molar refractivity (Wildman–Crippen MR) is 79.3 cm³/mol. The lowest BCUT2D eigenvalue weighted by Crippen LogP contribution is -2.42. The van der Waals surface area contributed by atoms with Crippen LogP contribution in [0.5, 0.6) is 5.75 Å². The molecular formula is C14H19NO4S. The number of ether oxygens (including phenoxy) is 1. The molecule has 0 aliphatic heterocycles. The zero-order valence-corrected chi connectivity index (χ0v) is 12.4. The third-order valence-electron chi connectivity index (χ3n) is 2.96. The largest absolute Gasteiger partial charge is 0.497 e. The van der Waals surface area contributed by atoms with Crippen molar-refractivity contribution in [2.75, 3.05) is 12.9 Å². The highest BCUT2D eigenvalue weighted by Gasteiger charge is 2.21. The Bertz CT molecular complexity index is 461. The van der Waals surface area contributed by atoms with Crippen LogP contribution in [-0.4, -0.2) is 35.9 Å². The Morgan fingerprint density at radius 3 is 2.40 bits per heavy atom. The number of benzene rings is 1. The monoisotopic (exact) mass is 297 g/mol. The molecule has 0 aliphatic carbocycles. The van der Waals surface area contributed by atoms with Crippen LogP contribution in [0.3, 0.4) is 0 Å². The van der Waals surface area contributed by atoms with Gasteiger partial charge in [-0.25, -0.2) is 0 Å². The highest BCUT2D eigenvalue weighted by Crippen LogP contribution is 2.15. The minimum Gasteiger partial charge on any atom is -0.497 e. The van der Waals surface area contributed by atoms with Gasteiger partial charge in [0.25, 0.3) is 0 Å². The van der Waals surface area contributed by atoms with E-state index >= 15 is 0 Å². The number of carboxylic acids is 1. The molecule has 0 unspecified atom stereocenters. The third-order valence-corrected chi connectivity index (χ3v) is 3.40. The average Bonchev–Trinajstić information content (AvgIpc) is 2.44. The fourth-order valence-corrected chi connectivity index (χ4v) is 1.97. The lowest BCUT2D eigenvalue weighted by molar-refractivity contribution is -0.141. The fourth-order valence-electron chi connectivity index (χ4n) is 1.68. The van der Waals surface area contributed by atoms with Crippen molar-refractivity contribution < 1.29 is 19.4 Å². The molecule has 0 fully saturated rings. The number of methoxy groups -OCH3 is 1. The summed E-state index contributed by atoms with van der Waals surface area (Å²) in [5.74, 6) is -0.621. The molecule has 5 nitrogen and oxygen atoms in total. The maximum atomic E-state index is 12.0. The standard InChI is InChI=1S/C14H19NO4S/c1-9(14(17)18)15-13(16)11(8-20)7-10-3-5-12(19-2)6-4-10/h3-6,9,11,20H,7-8H2,1-2H3,(H,15,16)(H,17,18)/t9-,11+/m0/s1. The Morgan fingerprint density at radius 1 is 1.35 bits per heavy atom. The van der Waals surface area contributed by atoms with Gasteiger partial charge < -0.3 is 15.2 Å². The van der Waals surface area contributed by atoms with Crippen LogP contribution in [0.1, 0.15) is 12.5 Å². The zero-order chi connectivity index (χ0) is 15.1. The molecule has 0 bridgehead atoms. The van der Waals surface area contributed by atoms with Gasteiger partial charge in [0, 0.05) is 5.75 Å². The number of hydrogen-bond acceptors (Lipinski definition) is 4. The molecule has 0 radical (unpaired) electrons. The van der Waals surface area contributed by atoms with E-state index in [0.29, 0.717) is 12.2 Å². The number of thiol groups is 1. The zero-order valence-electron chi connectivity index (χ0n) is 11.5. The summed E-state index contributed by atoms with van der Waals surface area (Å²) in [6.45, 7) is 1.43. The molecule has 1 aromatic rings. The Morgan fingerprint density at radius 2 is 1.95 bits per heavy atom. The maximum Gasteiger partial charge on any atom is 0.325 e. The predicted octanol–water partition coefficient (Wildman–Crippen LogP) is 1.37. The van der Waals surface area contributed by atoms with Gasteiger partial charge in [-0.1, -0.05) is 12.1 Å². The first-order valence-corrected chi connectivity index (χ1v) is 6.88. The normalized spacial score (nSPS) is 13.3. The van der Waals surface area contributed by atoms with Crippen molar-refractivity contribution in [3.63, 3.8) is 0 Å². The van der Waals surface area contributed by atoms with E-state index in [1.807, 2.05) is 24.3 Å². The van der Waals surface area contributed by atoms with Crippen molar-refractivity contribution in [1.29, 1.82) is 0 Å². The van der Waals surface area contributed by atoms with Crippen molar-refractivity contribution in [2.45, 2.75) is 19.4 Å². The molecule has 20 heavy (non-hydrogen) atoms. The minimum atomic E-state index is -1.05. The first-order valence-electron chi connectivity index (χ1n) is 6.25. The van der Waals surface area contributed by atoms with E-state index in [0.717, 1.165) is 11.3 Å². The fraction of sp³-hybridized carbons (Fsp3) is 0.429. The number of carbonyl (C=O) groups excluding carboxylic acids is 1. The number of carbonyl (C=O) groups is 2. The molecule has 0 aromatic heterocycles. The third kappa shape index (κ3) is 4.77. The van der Waals surface area contributed by atoms with E-state index in [1.54, 1.807) is 7.11 Å². The average molecular weight is 297 g/mol. The van der Waals surface area contributed by atoms with Gasteiger partial charge in [-0.05, 0) is 31.0 Å². The summed E-state index contributed by atoms with van der Waals surface area (Å²) >= 11 is 4.17. The second-order valence-electron chi connectivity index (χ2n) is 4.50. The number of nitrogens with one attached hydrogen (secondary N) is 1. The van der Waals surface area contributed by atoms with Crippen LogP contribution in [0.15, 0.2) is 24.3 Å². The summed E-state index contributed by atoms with van der Waals surface area (Å²) in [5, 5.41) is 11.2. The van der Waals surface area contributed by atoms with E-state index < -0.39 is 12.0 Å². The van der Waals surface area contributed by atoms with Gasteiger partial charge >= 0.3 is 5.97 Å². The lowest BCUT2D eigenvalue weighted by Gasteiger charge is -2.17. The number of rotatable bonds is 7. The van der Waals surface area contributed by atoms with Gasteiger partial charge in [-0.2, -0.15) is 12.6 Å². The van der Waals surface area contributed by atoms with Crippen LogP contribution in [-0.2, 0) is 16.0 Å². The van der Waals surface area contributed by atoms with Gasteiger partial charge in [-0.3, -0.25) is 9.59 Å². The van der Waals surface area contributed by atoms with E-state index in [2.05, 4.69) is 17.9 Å². The van der Waals surface area contributed by atoms with E-state index in [1.165, 1.54) is 6.92 Å². The highest BCUT2D eigenvalue weighted by molar-refractivity contribution is 7.80. The molecule has 2 atom stereocenters. The molecule has 110 valence electrons. The smallest absolute Gasteiger partial charge is 0.325 e. The summed E-state index contributed by atoms with van der Waals surface area (Å²) in [4.78, 5) is 22.7. The highest BCUT2D eigenvalue weighted by atomic mass is 32.1. The Kier molecular flexibility index (Phi) is 6.38. The summed E-state index contributed by atoms with van der Waals surface area (Å²) in [6, 6.07) is 6.50. The summed E-state index contributed by atoms with van der Waals surface area (Å²) < 4.78 is 5.07. The lowest BCUT2D eigenvalue weighted by atomic mass is 9.99. The van der Waals surface area contributed by atoms with Crippen LogP contribution in [0, 0.1) is 5.92 Å². The number of hydrogen-bond donors (Lipinski definition) is 3. The van der Waals surface area contributed by atoms with Crippen LogP contribution >= 0.6 is 12.6 Å². The first-order chi connectivity index (χ1) is 9.47. The maximum absolute atomic E-state index is 12.0. The molecule has 0 spiro atoms. The summed E-state index contributed by atoms with van der Waals surface area (Å²) in [5.41, 5.74) is 0.975.